The van der Waals surface area contributed by atoms with Crippen LogP contribution in [0.1, 0.15) is 6.92 Å². The largest absolute Gasteiger partial charge is 0.378 e. The van der Waals surface area contributed by atoms with Crippen LogP contribution in [-0.4, -0.2) is 73.5 Å². The summed E-state index contributed by atoms with van der Waals surface area (Å²) in [6.45, 7) is 7.11. The molecule has 0 spiro atoms. The molecule has 2 N–H and O–H groups in total. The van der Waals surface area contributed by atoms with Gasteiger partial charge < -0.3 is 29.9 Å². The molecule has 2 aromatic rings. The maximum Gasteiger partial charge on any atom is 0.233 e. The Bertz CT molecular complexity index is 798. The van der Waals surface area contributed by atoms with E-state index in [-0.39, 0.29) is 5.91 Å². The van der Waals surface area contributed by atoms with Crippen LogP contribution in [0.15, 0.2) is 24.3 Å². The summed E-state index contributed by atoms with van der Waals surface area (Å²) in [5, 5.41) is 6.01. The molecule has 2 fully saturated rings. The maximum absolute atomic E-state index is 11.2. The molecule has 29 heavy (non-hydrogen) atoms. The average Bonchev–Trinajstić information content (AvgIpc) is 2.76. The summed E-state index contributed by atoms with van der Waals surface area (Å²) in [5.74, 6) is 1.66. The van der Waals surface area contributed by atoms with Crippen LogP contribution < -0.4 is 20.4 Å². The second-order valence-corrected chi connectivity index (χ2v) is 6.84. The van der Waals surface area contributed by atoms with Gasteiger partial charge in [-0.05, 0) is 24.3 Å². The molecular formula is C19H25N7O3. The van der Waals surface area contributed by atoms with Crippen molar-refractivity contribution in [3.8, 4) is 0 Å². The highest BCUT2D eigenvalue weighted by Gasteiger charge is 2.20. The molecule has 0 atom stereocenters. The lowest BCUT2D eigenvalue weighted by Gasteiger charge is -2.30. The van der Waals surface area contributed by atoms with Crippen molar-refractivity contribution in [3.05, 3.63) is 24.3 Å². The van der Waals surface area contributed by atoms with Gasteiger partial charge in [0.15, 0.2) is 0 Å². The minimum atomic E-state index is -0.103. The minimum Gasteiger partial charge on any atom is -0.378 e. The first-order valence-electron chi connectivity index (χ1n) is 9.73. The summed E-state index contributed by atoms with van der Waals surface area (Å²) in [4.78, 5) is 29.4. The first-order chi connectivity index (χ1) is 14.2. The second-order valence-electron chi connectivity index (χ2n) is 6.84. The molecule has 0 unspecified atom stereocenters. The van der Waals surface area contributed by atoms with E-state index >= 15 is 0 Å². The molecule has 2 aliphatic heterocycles. The number of nitrogens with one attached hydrogen (secondary N) is 2. The van der Waals surface area contributed by atoms with Crippen LogP contribution in [0.3, 0.4) is 0 Å². The number of ether oxygens (including phenoxy) is 2. The highest BCUT2D eigenvalue weighted by atomic mass is 16.5. The molecule has 0 bridgehead atoms. The summed E-state index contributed by atoms with van der Waals surface area (Å²) >= 11 is 0. The molecule has 1 aromatic carbocycles. The van der Waals surface area contributed by atoms with Crippen molar-refractivity contribution in [1.29, 1.82) is 0 Å². The normalized spacial score (nSPS) is 17.1. The number of hydrogen-bond acceptors (Lipinski definition) is 9. The fraction of sp³-hybridized carbons (Fsp3) is 0.474. The van der Waals surface area contributed by atoms with Crippen LogP contribution in [0.25, 0.3) is 0 Å². The van der Waals surface area contributed by atoms with Gasteiger partial charge in [0.1, 0.15) is 0 Å². The lowest BCUT2D eigenvalue weighted by atomic mass is 10.3. The van der Waals surface area contributed by atoms with E-state index in [1.54, 1.807) is 0 Å². The maximum atomic E-state index is 11.2. The number of rotatable bonds is 5. The van der Waals surface area contributed by atoms with Gasteiger partial charge in [-0.25, -0.2) is 0 Å². The van der Waals surface area contributed by atoms with Gasteiger partial charge in [0.2, 0.25) is 23.8 Å². The zero-order valence-electron chi connectivity index (χ0n) is 16.4. The Morgan fingerprint density at radius 2 is 1.31 bits per heavy atom. The molecule has 154 valence electrons. The third kappa shape index (κ3) is 5.09. The van der Waals surface area contributed by atoms with Crippen LogP contribution in [0, 0.1) is 0 Å². The molecule has 0 saturated carbocycles. The molecule has 10 nitrogen and oxygen atoms in total. The lowest BCUT2D eigenvalue weighted by molar-refractivity contribution is -0.114. The zero-order chi connectivity index (χ0) is 20.1. The third-order valence-corrected chi connectivity index (χ3v) is 4.66. The summed E-state index contributed by atoms with van der Waals surface area (Å²) < 4.78 is 10.9. The number of hydrogen-bond donors (Lipinski definition) is 2. The molecular weight excluding hydrogens is 374 g/mol. The first kappa shape index (κ1) is 19.3. The number of nitrogens with zero attached hydrogens (tertiary/aromatic N) is 5. The van der Waals surface area contributed by atoms with E-state index in [0.29, 0.717) is 44.3 Å². The fourth-order valence-electron chi connectivity index (χ4n) is 3.19. The molecule has 2 saturated heterocycles. The van der Waals surface area contributed by atoms with E-state index in [0.717, 1.165) is 37.6 Å². The van der Waals surface area contributed by atoms with Crippen molar-refractivity contribution in [2.45, 2.75) is 6.92 Å². The Morgan fingerprint density at radius 3 is 1.79 bits per heavy atom. The van der Waals surface area contributed by atoms with E-state index in [4.69, 9.17) is 14.5 Å². The van der Waals surface area contributed by atoms with Gasteiger partial charge in [-0.1, -0.05) is 0 Å². The summed E-state index contributed by atoms with van der Waals surface area (Å²) in [6, 6.07) is 7.41. The minimum absolute atomic E-state index is 0.103. The van der Waals surface area contributed by atoms with Crippen molar-refractivity contribution >= 4 is 35.1 Å². The molecule has 10 heteroatoms. The topological polar surface area (TPSA) is 105 Å². The van der Waals surface area contributed by atoms with Gasteiger partial charge in [-0.15, -0.1) is 0 Å². The van der Waals surface area contributed by atoms with Gasteiger partial charge in [-0.3, -0.25) is 4.79 Å². The molecule has 2 aliphatic rings. The quantitative estimate of drug-likeness (QED) is 0.768. The Kier molecular flexibility index (Phi) is 6.01. The predicted octanol–water partition coefficient (Wildman–Crippen LogP) is 1.25. The summed E-state index contributed by atoms with van der Waals surface area (Å²) in [7, 11) is 0. The van der Waals surface area contributed by atoms with Crippen LogP contribution in [0.5, 0.6) is 0 Å². The van der Waals surface area contributed by atoms with Crippen molar-refractivity contribution in [1.82, 2.24) is 15.0 Å². The summed E-state index contributed by atoms with van der Waals surface area (Å²) in [5.41, 5.74) is 1.56. The van der Waals surface area contributed by atoms with Crippen LogP contribution in [-0.2, 0) is 14.3 Å². The zero-order valence-corrected chi connectivity index (χ0v) is 16.4. The van der Waals surface area contributed by atoms with Gasteiger partial charge in [-0.2, -0.15) is 15.0 Å². The Labute approximate surface area is 169 Å². The number of anilines is 5. The molecule has 0 radical (unpaired) electrons. The highest BCUT2D eigenvalue weighted by molar-refractivity contribution is 5.88. The molecule has 4 rings (SSSR count). The Morgan fingerprint density at radius 1 is 0.828 bits per heavy atom. The number of carbonyl (C=O) groups is 1. The molecule has 1 amide bonds. The number of carbonyl (C=O) groups excluding carboxylic acids is 1. The predicted molar refractivity (Wildman–Crippen MR) is 110 cm³/mol. The fourth-order valence-corrected chi connectivity index (χ4v) is 3.19. The van der Waals surface area contributed by atoms with Gasteiger partial charge in [0.05, 0.1) is 26.4 Å². The van der Waals surface area contributed by atoms with E-state index < -0.39 is 0 Å². The van der Waals surface area contributed by atoms with E-state index in [2.05, 4.69) is 30.4 Å². The standard InChI is InChI=1S/C19H25N7O3/c1-14(27)20-15-2-4-16(5-3-15)21-17-22-18(25-6-10-28-11-7-25)24-19(23-17)26-8-12-29-13-9-26/h2-5H,6-13H2,1H3,(H,20,27)(H,21,22,23,24). The van der Waals surface area contributed by atoms with Crippen molar-refractivity contribution in [3.63, 3.8) is 0 Å². The van der Waals surface area contributed by atoms with Crippen molar-refractivity contribution < 1.29 is 14.3 Å². The molecule has 3 heterocycles. The SMILES string of the molecule is CC(=O)Nc1ccc(Nc2nc(N3CCOCC3)nc(N3CCOCC3)n2)cc1. The molecule has 1 aromatic heterocycles. The van der Waals surface area contributed by atoms with Gasteiger partial charge in [0.25, 0.3) is 0 Å². The van der Waals surface area contributed by atoms with Crippen LogP contribution >= 0.6 is 0 Å². The summed E-state index contributed by atoms with van der Waals surface area (Å²) in [6.07, 6.45) is 0. The lowest BCUT2D eigenvalue weighted by Crippen LogP contribution is -2.40. The van der Waals surface area contributed by atoms with Crippen molar-refractivity contribution in [2.75, 3.05) is 73.0 Å². The van der Waals surface area contributed by atoms with Gasteiger partial charge in [0, 0.05) is 44.5 Å². The number of aromatic nitrogens is 3. The van der Waals surface area contributed by atoms with Gasteiger partial charge >= 0.3 is 0 Å². The van der Waals surface area contributed by atoms with Crippen molar-refractivity contribution in [2.24, 2.45) is 0 Å². The number of morpholine rings is 2. The highest BCUT2D eigenvalue weighted by Crippen LogP contribution is 2.22. The smallest absolute Gasteiger partial charge is 0.233 e. The Hall–Kier alpha value is -2.98. The monoisotopic (exact) mass is 399 g/mol. The number of amides is 1. The Balaban J connectivity index is 1.57. The molecule has 0 aliphatic carbocycles. The van der Waals surface area contributed by atoms with E-state index in [9.17, 15) is 4.79 Å². The van der Waals surface area contributed by atoms with Crippen LogP contribution in [0.2, 0.25) is 0 Å². The third-order valence-electron chi connectivity index (χ3n) is 4.66. The second kappa shape index (κ2) is 9.01. The van der Waals surface area contributed by atoms with E-state index in [1.807, 2.05) is 24.3 Å². The first-order valence-corrected chi connectivity index (χ1v) is 9.73. The average molecular weight is 399 g/mol. The van der Waals surface area contributed by atoms with Crippen LogP contribution in [0.4, 0.5) is 29.2 Å². The van der Waals surface area contributed by atoms with E-state index in [1.165, 1.54) is 6.92 Å². The number of benzene rings is 1.